The fourth-order valence-electron chi connectivity index (χ4n) is 2.41. The molecule has 1 aliphatic rings. The van der Waals surface area contributed by atoms with Gasteiger partial charge in [-0.15, -0.1) is 0 Å². The Morgan fingerprint density at radius 3 is 2.83 bits per heavy atom. The van der Waals surface area contributed by atoms with Gasteiger partial charge in [0, 0.05) is 12.7 Å². The molecular formula is C12H17N3O3. The molecule has 0 spiro atoms. The van der Waals surface area contributed by atoms with E-state index >= 15 is 0 Å². The smallest absolute Gasteiger partial charge is 0.307 e. The van der Waals surface area contributed by atoms with E-state index in [2.05, 4.69) is 10.4 Å². The average molecular weight is 251 g/mol. The Labute approximate surface area is 105 Å². The van der Waals surface area contributed by atoms with Crippen LogP contribution in [0.4, 0.5) is 5.69 Å². The number of hydrogen-bond acceptors (Lipinski definition) is 3. The van der Waals surface area contributed by atoms with E-state index in [1.54, 1.807) is 17.1 Å². The number of aryl methyl sites for hydroxylation is 1. The molecule has 0 aliphatic heterocycles. The zero-order chi connectivity index (χ0) is 13.1. The van der Waals surface area contributed by atoms with Gasteiger partial charge in [0.25, 0.3) is 0 Å². The number of nitrogens with zero attached hydrogens (tertiary/aromatic N) is 2. The Morgan fingerprint density at radius 2 is 2.22 bits per heavy atom. The highest BCUT2D eigenvalue weighted by Crippen LogP contribution is 2.32. The highest BCUT2D eigenvalue weighted by Gasteiger charge is 2.37. The van der Waals surface area contributed by atoms with Gasteiger partial charge in [-0.3, -0.25) is 14.3 Å². The highest BCUT2D eigenvalue weighted by atomic mass is 16.4. The fourth-order valence-corrected chi connectivity index (χ4v) is 2.41. The van der Waals surface area contributed by atoms with Crippen LogP contribution in [0.1, 0.15) is 26.2 Å². The topological polar surface area (TPSA) is 84.2 Å². The molecule has 2 atom stereocenters. The van der Waals surface area contributed by atoms with Crippen LogP contribution in [0.2, 0.25) is 0 Å². The number of carbonyl (C=O) groups excluding carboxylic acids is 1. The summed E-state index contributed by atoms with van der Waals surface area (Å²) in [7, 11) is 0. The third-order valence-corrected chi connectivity index (χ3v) is 3.39. The number of aliphatic carboxylic acids is 1. The zero-order valence-corrected chi connectivity index (χ0v) is 10.3. The van der Waals surface area contributed by atoms with E-state index in [4.69, 9.17) is 5.11 Å². The molecule has 0 saturated heterocycles. The molecule has 1 heterocycles. The predicted octanol–water partition coefficient (Wildman–Crippen LogP) is 1.34. The van der Waals surface area contributed by atoms with Gasteiger partial charge in [0.05, 0.1) is 23.7 Å². The quantitative estimate of drug-likeness (QED) is 0.845. The number of nitrogens with one attached hydrogen (secondary N) is 1. The second kappa shape index (κ2) is 5.20. The first-order valence-electron chi connectivity index (χ1n) is 6.18. The molecule has 0 bridgehead atoms. The minimum absolute atomic E-state index is 0.212. The number of rotatable bonds is 4. The van der Waals surface area contributed by atoms with Gasteiger partial charge in [0.1, 0.15) is 0 Å². The molecule has 2 N–H and O–H groups in total. The minimum atomic E-state index is -0.878. The summed E-state index contributed by atoms with van der Waals surface area (Å²) in [6, 6.07) is 0. The van der Waals surface area contributed by atoms with Gasteiger partial charge in [-0.05, 0) is 19.8 Å². The maximum absolute atomic E-state index is 12.0. The van der Waals surface area contributed by atoms with Crippen molar-refractivity contribution in [2.75, 3.05) is 5.32 Å². The summed E-state index contributed by atoms with van der Waals surface area (Å²) in [6.45, 7) is 2.69. The number of amides is 1. The van der Waals surface area contributed by atoms with Gasteiger partial charge in [-0.1, -0.05) is 6.42 Å². The summed E-state index contributed by atoms with van der Waals surface area (Å²) >= 11 is 0. The van der Waals surface area contributed by atoms with Crippen LogP contribution in [0.15, 0.2) is 12.4 Å². The molecule has 2 rings (SSSR count). The van der Waals surface area contributed by atoms with Gasteiger partial charge in [-0.25, -0.2) is 0 Å². The van der Waals surface area contributed by atoms with E-state index in [0.717, 1.165) is 13.0 Å². The van der Waals surface area contributed by atoms with Crippen molar-refractivity contribution in [3.05, 3.63) is 12.4 Å². The number of hydrogen-bond donors (Lipinski definition) is 2. The second-order valence-electron chi connectivity index (χ2n) is 4.56. The summed E-state index contributed by atoms with van der Waals surface area (Å²) in [4.78, 5) is 23.0. The van der Waals surface area contributed by atoms with E-state index in [-0.39, 0.29) is 5.91 Å². The average Bonchev–Trinajstić information content (AvgIpc) is 2.96. The summed E-state index contributed by atoms with van der Waals surface area (Å²) in [5, 5.41) is 15.8. The first-order chi connectivity index (χ1) is 8.61. The van der Waals surface area contributed by atoms with E-state index in [1.807, 2.05) is 6.92 Å². The molecular weight excluding hydrogens is 234 g/mol. The van der Waals surface area contributed by atoms with Crippen molar-refractivity contribution in [3.8, 4) is 0 Å². The van der Waals surface area contributed by atoms with E-state index in [9.17, 15) is 9.59 Å². The molecule has 1 aromatic rings. The van der Waals surface area contributed by atoms with Crippen LogP contribution in [0.5, 0.6) is 0 Å². The SMILES string of the molecule is CCn1cc(NC(=O)C2CCCC2C(=O)O)cn1. The molecule has 1 amide bonds. The van der Waals surface area contributed by atoms with Gasteiger partial charge >= 0.3 is 5.97 Å². The van der Waals surface area contributed by atoms with Gasteiger partial charge in [-0.2, -0.15) is 5.10 Å². The molecule has 6 heteroatoms. The Balaban J connectivity index is 2.01. The molecule has 98 valence electrons. The lowest BCUT2D eigenvalue weighted by molar-refractivity contribution is -0.145. The van der Waals surface area contributed by atoms with Crippen LogP contribution < -0.4 is 5.32 Å². The van der Waals surface area contributed by atoms with Crippen LogP contribution >= 0.6 is 0 Å². The predicted molar refractivity (Wildman–Crippen MR) is 65.0 cm³/mol. The van der Waals surface area contributed by atoms with Crippen molar-refractivity contribution in [1.82, 2.24) is 9.78 Å². The Morgan fingerprint density at radius 1 is 1.50 bits per heavy atom. The van der Waals surface area contributed by atoms with Gasteiger partial charge < -0.3 is 10.4 Å². The summed E-state index contributed by atoms with van der Waals surface area (Å²) in [6.07, 6.45) is 5.34. The third kappa shape index (κ3) is 2.52. The van der Waals surface area contributed by atoms with E-state index in [0.29, 0.717) is 18.5 Å². The van der Waals surface area contributed by atoms with Crippen LogP contribution in [0.3, 0.4) is 0 Å². The highest BCUT2D eigenvalue weighted by molar-refractivity contribution is 5.95. The van der Waals surface area contributed by atoms with Crippen molar-refractivity contribution < 1.29 is 14.7 Å². The third-order valence-electron chi connectivity index (χ3n) is 3.39. The number of anilines is 1. The largest absolute Gasteiger partial charge is 0.481 e. The monoisotopic (exact) mass is 251 g/mol. The van der Waals surface area contributed by atoms with Crippen molar-refractivity contribution in [1.29, 1.82) is 0 Å². The number of carboxylic acids is 1. The molecule has 1 saturated carbocycles. The Bertz CT molecular complexity index is 455. The Hall–Kier alpha value is -1.85. The van der Waals surface area contributed by atoms with Crippen LogP contribution in [0, 0.1) is 11.8 Å². The van der Waals surface area contributed by atoms with Crippen LogP contribution in [-0.2, 0) is 16.1 Å². The van der Waals surface area contributed by atoms with Crippen LogP contribution in [0.25, 0.3) is 0 Å². The molecule has 1 fully saturated rings. The standard InChI is InChI=1S/C12H17N3O3/c1-2-15-7-8(6-13-15)14-11(16)9-4-3-5-10(9)12(17)18/h6-7,9-10H,2-5H2,1H3,(H,14,16)(H,17,18). The number of carbonyl (C=O) groups is 2. The lowest BCUT2D eigenvalue weighted by atomic mass is 9.95. The van der Waals surface area contributed by atoms with E-state index < -0.39 is 17.8 Å². The van der Waals surface area contributed by atoms with Crippen molar-refractivity contribution in [3.63, 3.8) is 0 Å². The molecule has 6 nitrogen and oxygen atoms in total. The maximum Gasteiger partial charge on any atom is 0.307 e. The Kier molecular flexibility index (Phi) is 3.64. The van der Waals surface area contributed by atoms with Crippen molar-refractivity contribution in [2.45, 2.75) is 32.7 Å². The summed E-state index contributed by atoms with van der Waals surface area (Å²) in [5.41, 5.74) is 0.623. The zero-order valence-electron chi connectivity index (χ0n) is 10.3. The first kappa shape index (κ1) is 12.6. The van der Waals surface area contributed by atoms with Gasteiger partial charge in [0.15, 0.2) is 0 Å². The molecule has 18 heavy (non-hydrogen) atoms. The number of carboxylic acid groups (broad SMARTS) is 1. The van der Waals surface area contributed by atoms with Crippen molar-refractivity contribution >= 4 is 17.6 Å². The molecule has 0 radical (unpaired) electrons. The summed E-state index contributed by atoms with van der Waals surface area (Å²) < 4.78 is 1.71. The first-order valence-corrected chi connectivity index (χ1v) is 6.18. The maximum atomic E-state index is 12.0. The second-order valence-corrected chi connectivity index (χ2v) is 4.56. The molecule has 1 aromatic heterocycles. The van der Waals surface area contributed by atoms with Crippen molar-refractivity contribution in [2.24, 2.45) is 11.8 Å². The summed E-state index contributed by atoms with van der Waals surface area (Å²) in [5.74, 6) is -2.06. The lowest BCUT2D eigenvalue weighted by Crippen LogP contribution is -2.29. The normalized spacial score (nSPS) is 22.9. The molecule has 1 aliphatic carbocycles. The minimum Gasteiger partial charge on any atom is -0.481 e. The lowest BCUT2D eigenvalue weighted by Gasteiger charge is -2.14. The molecule has 2 unspecified atom stereocenters. The molecule has 0 aromatic carbocycles. The van der Waals surface area contributed by atoms with E-state index in [1.165, 1.54) is 0 Å². The van der Waals surface area contributed by atoms with Gasteiger partial charge in [0.2, 0.25) is 5.91 Å². The van der Waals surface area contributed by atoms with Crippen LogP contribution in [-0.4, -0.2) is 26.8 Å². The number of aromatic nitrogens is 2. The fraction of sp³-hybridized carbons (Fsp3) is 0.583.